The third-order valence-electron chi connectivity index (χ3n) is 2.01. The monoisotopic (exact) mass is 216 g/mol. The summed E-state index contributed by atoms with van der Waals surface area (Å²) in [6, 6.07) is 5.61. The van der Waals surface area contributed by atoms with E-state index in [1.807, 2.05) is 26.0 Å². The highest BCUT2D eigenvalue weighted by Gasteiger charge is 2.05. The third kappa shape index (κ3) is 3.83. The van der Waals surface area contributed by atoms with E-state index >= 15 is 0 Å². The molecule has 0 atom stereocenters. The molecule has 0 aliphatic rings. The molecule has 1 aromatic carbocycles. The third-order valence-corrected chi connectivity index (χ3v) is 2.01. The Hall–Kier alpha value is -1.16. The van der Waals surface area contributed by atoms with Gasteiger partial charge < -0.3 is 4.74 Å². The lowest BCUT2D eigenvalue weighted by molar-refractivity contribution is -0.167. The van der Waals surface area contributed by atoms with Crippen LogP contribution in [-0.4, -0.2) is 13.4 Å². The fourth-order valence-corrected chi connectivity index (χ4v) is 1.27. The van der Waals surface area contributed by atoms with E-state index in [1.54, 1.807) is 6.07 Å². The maximum Gasteiger partial charge on any atom is 0.348 e. The predicted octanol–water partition coefficient (Wildman–Crippen LogP) is 3.13. The molecule has 0 radical (unpaired) electrons. The smallest absolute Gasteiger partial charge is 0.348 e. The first-order valence-electron chi connectivity index (χ1n) is 4.75. The van der Waals surface area contributed by atoms with Crippen LogP contribution in [0.25, 0.3) is 0 Å². The van der Waals surface area contributed by atoms with Gasteiger partial charge in [-0.2, -0.15) is 8.78 Å². The van der Waals surface area contributed by atoms with Gasteiger partial charge in [0, 0.05) is 0 Å². The van der Waals surface area contributed by atoms with Crippen LogP contribution in [0.1, 0.15) is 18.1 Å². The summed E-state index contributed by atoms with van der Waals surface area (Å²) in [6.07, 6.45) is 0.797. The van der Waals surface area contributed by atoms with Crippen LogP contribution >= 0.6 is 0 Å². The van der Waals surface area contributed by atoms with Crippen LogP contribution in [0.2, 0.25) is 0 Å². The van der Waals surface area contributed by atoms with Gasteiger partial charge >= 0.3 is 6.61 Å². The molecule has 0 aromatic heterocycles. The maximum absolute atomic E-state index is 11.7. The molecule has 0 saturated heterocycles. The molecule has 2 nitrogen and oxygen atoms in total. The van der Waals surface area contributed by atoms with Gasteiger partial charge in [0.15, 0.2) is 6.79 Å². The molecule has 0 unspecified atom stereocenters. The summed E-state index contributed by atoms with van der Waals surface area (Å²) in [4.78, 5) is 0. The average molecular weight is 216 g/mol. The number of hydrogen-bond acceptors (Lipinski definition) is 2. The summed E-state index contributed by atoms with van der Waals surface area (Å²) in [5.74, 6) is 0.601. The first-order valence-corrected chi connectivity index (χ1v) is 4.75. The molecule has 84 valence electrons. The zero-order valence-corrected chi connectivity index (χ0v) is 8.80. The second kappa shape index (κ2) is 5.66. The first kappa shape index (κ1) is 11.9. The molecule has 0 aliphatic heterocycles. The van der Waals surface area contributed by atoms with Crippen molar-refractivity contribution in [3.05, 3.63) is 29.3 Å². The lowest BCUT2D eigenvalue weighted by atomic mass is 10.1. The number of benzene rings is 1. The highest BCUT2D eigenvalue weighted by molar-refractivity contribution is 5.36. The number of ether oxygens (including phenoxy) is 2. The topological polar surface area (TPSA) is 18.5 Å². The zero-order chi connectivity index (χ0) is 11.3. The Morgan fingerprint density at radius 1 is 1.33 bits per heavy atom. The second-order valence-corrected chi connectivity index (χ2v) is 3.15. The Bertz CT molecular complexity index is 313. The molecule has 0 spiro atoms. The highest BCUT2D eigenvalue weighted by Crippen LogP contribution is 2.20. The van der Waals surface area contributed by atoms with Crippen molar-refractivity contribution >= 4 is 0 Å². The molecule has 0 bridgehead atoms. The molecule has 0 saturated carbocycles. The maximum atomic E-state index is 11.7. The van der Waals surface area contributed by atoms with E-state index in [1.165, 1.54) is 0 Å². The van der Waals surface area contributed by atoms with Gasteiger partial charge in [0.2, 0.25) is 0 Å². The van der Waals surface area contributed by atoms with Gasteiger partial charge in [-0.3, -0.25) is 4.74 Å². The molecule has 15 heavy (non-hydrogen) atoms. The number of rotatable bonds is 5. The van der Waals surface area contributed by atoms with Crippen LogP contribution in [0.3, 0.4) is 0 Å². The largest absolute Gasteiger partial charge is 0.467 e. The van der Waals surface area contributed by atoms with E-state index in [-0.39, 0.29) is 0 Å². The highest BCUT2D eigenvalue weighted by atomic mass is 19.3. The molecular formula is C11H14F2O2. The minimum Gasteiger partial charge on any atom is -0.467 e. The van der Waals surface area contributed by atoms with Gasteiger partial charge in [0.1, 0.15) is 5.75 Å². The Kier molecular flexibility index (Phi) is 4.49. The fourth-order valence-electron chi connectivity index (χ4n) is 1.27. The van der Waals surface area contributed by atoms with Crippen molar-refractivity contribution in [2.24, 2.45) is 0 Å². The van der Waals surface area contributed by atoms with E-state index < -0.39 is 13.4 Å². The Morgan fingerprint density at radius 3 is 2.67 bits per heavy atom. The summed E-state index contributed by atoms with van der Waals surface area (Å²) in [7, 11) is 0. The summed E-state index contributed by atoms with van der Waals surface area (Å²) < 4.78 is 32.5. The van der Waals surface area contributed by atoms with Crippen LogP contribution in [0.5, 0.6) is 5.75 Å². The normalized spacial score (nSPS) is 10.7. The van der Waals surface area contributed by atoms with E-state index in [4.69, 9.17) is 4.74 Å². The lowest BCUT2D eigenvalue weighted by Gasteiger charge is -2.10. The van der Waals surface area contributed by atoms with Gasteiger partial charge in [-0.25, -0.2) is 0 Å². The summed E-state index contributed by atoms with van der Waals surface area (Å²) >= 11 is 0. The van der Waals surface area contributed by atoms with Crippen LogP contribution in [-0.2, 0) is 11.2 Å². The molecule has 0 aliphatic carbocycles. The summed E-state index contributed by atoms with van der Waals surface area (Å²) in [5.41, 5.74) is 2.11. The van der Waals surface area contributed by atoms with Gasteiger partial charge in [-0.05, 0) is 25.0 Å². The van der Waals surface area contributed by atoms with Crippen molar-refractivity contribution < 1.29 is 18.3 Å². The van der Waals surface area contributed by atoms with Gasteiger partial charge in [0.25, 0.3) is 0 Å². The number of hydrogen-bond donors (Lipinski definition) is 0. The van der Waals surface area contributed by atoms with E-state index in [0.717, 1.165) is 17.5 Å². The van der Waals surface area contributed by atoms with Crippen molar-refractivity contribution in [2.45, 2.75) is 26.9 Å². The standard InChI is InChI=1S/C11H14F2O2/c1-3-9-6-8(2)4-5-10(9)14-7-15-11(12)13/h4-6,11H,3,7H2,1-2H3. The average Bonchev–Trinajstić information content (AvgIpc) is 2.19. The Morgan fingerprint density at radius 2 is 2.07 bits per heavy atom. The molecule has 0 N–H and O–H groups in total. The summed E-state index contributed by atoms with van der Waals surface area (Å²) in [6.45, 7) is 0.739. The van der Waals surface area contributed by atoms with Gasteiger partial charge in [0.05, 0.1) is 0 Å². The van der Waals surface area contributed by atoms with Crippen LogP contribution < -0.4 is 4.74 Å². The van der Waals surface area contributed by atoms with E-state index in [9.17, 15) is 8.78 Å². The Balaban J connectivity index is 2.60. The van der Waals surface area contributed by atoms with E-state index in [0.29, 0.717) is 5.75 Å². The van der Waals surface area contributed by atoms with Gasteiger partial charge in [-0.1, -0.05) is 24.6 Å². The number of halogens is 2. The van der Waals surface area contributed by atoms with E-state index in [2.05, 4.69) is 4.74 Å². The predicted molar refractivity (Wildman–Crippen MR) is 53.1 cm³/mol. The molecule has 1 aromatic rings. The number of alkyl halides is 2. The Labute approximate surface area is 87.8 Å². The summed E-state index contributed by atoms with van der Waals surface area (Å²) in [5, 5.41) is 0. The van der Waals surface area contributed by atoms with Crippen molar-refractivity contribution in [3.63, 3.8) is 0 Å². The second-order valence-electron chi connectivity index (χ2n) is 3.15. The molecular weight excluding hydrogens is 202 g/mol. The lowest BCUT2D eigenvalue weighted by Crippen LogP contribution is -2.08. The molecule has 0 amide bonds. The molecule has 0 fully saturated rings. The molecule has 1 rings (SSSR count). The van der Waals surface area contributed by atoms with Gasteiger partial charge in [-0.15, -0.1) is 0 Å². The first-order chi connectivity index (χ1) is 7.13. The number of aryl methyl sites for hydroxylation is 2. The quantitative estimate of drug-likeness (QED) is 0.704. The minimum absolute atomic E-state index is 0.423. The molecule has 4 heteroatoms. The fraction of sp³-hybridized carbons (Fsp3) is 0.455. The van der Waals surface area contributed by atoms with Crippen molar-refractivity contribution in [3.8, 4) is 5.75 Å². The van der Waals surface area contributed by atoms with Crippen LogP contribution in [0, 0.1) is 6.92 Å². The van der Waals surface area contributed by atoms with Crippen LogP contribution in [0.4, 0.5) is 8.78 Å². The molecule has 0 heterocycles. The van der Waals surface area contributed by atoms with Crippen LogP contribution in [0.15, 0.2) is 18.2 Å². The van der Waals surface area contributed by atoms with Crippen molar-refractivity contribution in [1.29, 1.82) is 0 Å². The van der Waals surface area contributed by atoms with Crippen molar-refractivity contribution in [2.75, 3.05) is 6.79 Å². The minimum atomic E-state index is -2.79. The zero-order valence-electron chi connectivity index (χ0n) is 8.80. The van der Waals surface area contributed by atoms with Crippen molar-refractivity contribution in [1.82, 2.24) is 0 Å². The SMILES string of the molecule is CCc1cc(C)ccc1OCOC(F)F.